The first-order valence-corrected chi connectivity index (χ1v) is 5.82. The molecule has 1 unspecified atom stereocenters. The number of aliphatic hydroxyl groups excluding tert-OH is 1. The predicted octanol–water partition coefficient (Wildman–Crippen LogP) is 0.304. The zero-order valence-electron chi connectivity index (χ0n) is 10.2. The van der Waals surface area contributed by atoms with Crippen molar-refractivity contribution >= 4 is 17.3 Å². The van der Waals surface area contributed by atoms with E-state index in [9.17, 15) is 14.3 Å². The van der Waals surface area contributed by atoms with Gasteiger partial charge >= 0.3 is 5.97 Å². The molecule has 1 aliphatic rings. The van der Waals surface area contributed by atoms with Gasteiger partial charge in [0.25, 0.3) is 0 Å². The van der Waals surface area contributed by atoms with Gasteiger partial charge in [-0.2, -0.15) is 0 Å². The highest BCUT2D eigenvalue weighted by Crippen LogP contribution is 2.29. The maximum absolute atomic E-state index is 13.7. The third-order valence-corrected chi connectivity index (χ3v) is 3.09. The lowest BCUT2D eigenvalue weighted by atomic mass is 10.1. The van der Waals surface area contributed by atoms with E-state index < -0.39 is 17.3 Å². The van der Waals surface area contributed by atoms with Crippen LogP contribution in [0.5, 0.6) is 0 Å². The number of carbonyl (C=O) groups is 1. The predicted molar refractivity (Wildman–Crippen MR) is 66.8 cm³/mol. The number of aromatic carboxylic acids is 1. The normalized spacial score (nSPS) is 19.5. The molecule has 1 aliphatic heterocycles. The average molecular weight is 270 g/mol. The van der Waals surface area contributed by atoms with Crippen LogP contribution in [-0.4, -0.2) is 48.6 Å². The van der Waals surface area contributed by atoms with Crippen molar-refractivity contribution in [2.45, 2.75) is 6.04 Å². The first kappa shape index (κ1) is 13.6. The second-order valence-corrected chi connectivity index (χ2v) is 4.30. The van der Waals surface area contributed by atoms with Crippen LogP contribution < -0.4 is 10.6 Å². The summed E-state index contributed by atoms with van der Waals surface area (Å²) in [5, 5.41) is 18.1. The van der Waals surface area contributed by atoms with Crippen molar-refractivity contribution in [3.8, 4) is 0 Å². The quantitative estimate of drug-likeness (QED) is 0.684. The molecule has 1 aromatic rings. The van der Waals surface area contributed by atoms with Gasteiger partial charge in [-0.1, -0.05) is 0 Å². The summed E-state index contributed by atoms with van der Waals surface area (Å²) in [7, 11) is 0. The van der Waals surface area contributed by atoms with E-state index in [2.05, 4.69) is 0 Å². The molecule has 1 fully saturated rings. The van der Waals surface area contributed by atoms with Crippen LogP contribution in [0.2, 0.25) is 0 Å². The van der Waals surface area contributed by atoms with Crippen LogP contribution in [0, 0.1) is 5.82 Å². The summed E-state index contributed by atoms with van der Waals surface area (Å²) in [6, 6.07) is 1.87. The van der Waals surface area contributed by atoms with Crippen molar-refractivity contribution in [1.82, 2.24) is 0 Å². The number of aliphatic hydroxyl groups is 1. The SMILES string of the molecule is Nc1cc(C(=O)O)c(F)cc1N1CCOCC1CO. The Labute approximate surface area is 109 Å². The number of morpholine rings is 1. The molecule has 1 saturated heterocycles. The van der Waals surface area contributed by atoms with Crippen molar-refractivity contribution in [1.29, 1.82) is 0 Å². The van der Waals surface area contributed by atoms with E-state index in [-0.39, 0.29) is 18.3 Å². The Morgan fingerprint density at radius 2 is 2.32 bits per heavy atom. The molecule has 0 aliphatic carbocycles. The minimum absolute atomic E-state index is 0.151. The molecule has 104 valence electrons. The number of nitrogens with zero attached hydrogens (tertiary/aromatic N) is 1. The fraction of sp³-hybridized carbons (Fsp3) is 0.417. The molecular formula is C12H15FN2O4. The second kappa shape index (κ2) is 5.41. The summed E-state index contributed by atoms with van der Waals surface area (Å²) in [4.78, 5) is 12.5. The highest BCUT2D eigenvalue weighted by atomic mass is 19.1. The number of hydrogen-bond acceptors (Lipinski definition) is 5. The molecular weight excluding hydrogens is 255 g/mol. The van der Waals surface area contributed by atoms with Crippen LogP contribution in [0.1, 0.15) is 10.4 Å². The minimum atomic E-state index is -1.36. The lowest BCUT2D eigenvalue weighted by molar-refractivity contribution is 0.0690. The summed E-state index contributed by atoms with van der Waals surface area (Å²) in [5.74, 6) is -2.21. The Morgan fingerprint density at radius 3 is 2.95 bits per heavy atom. The van der Waals surface area contributed by atoms with Crippen LogP contribution in [-0.2, 0) is 4.74 Å². The number of rotatable bonds is 3. The highest BCUT2D eigenvalue weighted by molar-refractivity contribution is 5.91. The third kappa shape index (κ3) is 2.61. The molecule has 0 saturated carbocycles. The van der Waals surface area contributed by atoms with Crippen molar-refractivity contribution in [2.24, 2.45) is 0 Å². The highest BCUT2D eigenvalue weighted by Gasteiger charge is 2.25. The number of anilines is 2. The Kier molecular flexibility index (Phi) is 3.87. The molecule has 0 amide bonds. The zero-order chi connectivity index (χ0) is 14.0. The largest absolute Gasteiger partial charge is 0.478 e. The number of benzene rings is 1. The number of halogens is 1. The number of nitrogens with two attached hydrogens (primary N) is 1. The number of ether oxygens (including phenoxy) is 1. The molecule has 4 N–H and O–H groups in total. The molecule has 7 heteroatoms. The van der Waals surface area contributed by atoms with Gasteiger partial charge in [0, 0.05) is 12.6 Å². The van der Waals surface area contributed by atoms with Gasteiger partial charge in [0.15, 0.2) is 0 Å². The van der Waals surface area contributed by atoms with E-state index in [1.54, 1.807) is 4.90 Å². The first-order valence-electron chi connectivity index (χ1n) is 5.82. The van der Waals surface area contributed by atoms with Gasteiger partial charge in [0.1, 0.15) is 5.82 Å². The summed E-state index contributed by atoms with van der Waals surface area (Å²) in [5.41, 5.74) is 5.86. The smallest absolute Gasteiger partial charge is 0.338 e. The number of carboxylic acid groups (broad SMARTS) is 1. The molecule has 1 heterocycles. The Morgan fingerprint density at radius 1 is 1.58 bits per heavy atom. The van der Waals surface area contributed by atoms with Gasteiger partial charge in [0.2, 0.25) is 0 Å². The molecule has 6 nitrogen and oxygen atoms in total. The number of carboxylic acids is 1. The molecule has 19 heavy (non-hydrogen) atoms. The first-order chi connectivity index (χ1) is 9.04. The van der Waals surface area contributed by atoms with Crippen LogP contribution in [0.15, 0.2) is 12.1 Å². The van der Waals surface area contributed by atoms with Crippen LogP contribution >= 0.6 is 0 Å². The van der Waals surface area contributed by atoms with E-state index >= 15 is 0 Å². The minimum Gasteiger partial charge on any atom is -0.478 e. The molecule has 0 spiro atoms. The maximum atomic E-state index is 13.7. The number of hydrogen-bond donors (Lipinski definition) is 3. The third-order valence-electron chi connectivity index (χ3n) is 3.09. The fourth-order valence-electron chi connectivity index (χ4n) is 2.12. The van der Waals surface area contributed by atoms with Crippen LogP contribution in [0.4, 0.5) is 15.8 Å². The second-order valence-electron chi connectivity index (χ2n) is 4.30. The monoisotopic (exact) mass is 270 g/mol. The topological polar surface area (TPSA) is 96.0 Å². The zero-order valence-corrected chi connectivity index (χ0v) is 10.2. The number of nitrogen functional groups attached to an aromatic ring is 1. The van der Waals surface area contributed by atoms with Crippen molar-refractivity contribution in [3.05, 3.63) is 23.5 Å². The maximum Gasteiger partial charge on any atom is 0.338 e. The molecule has 0 radical (unpaired) electrons. The Hall–Kier alpha value is -1.86. The fourth-order valence-corrected chi connectivity index (χ4v) is 2.12. The molecule has 1 aromatic carbocycles. The van der Waals surface area contributed by atoms with Gasteiger partial charge in [-0.3, -0.25) is 0 Å². The summed E-state index contributed by atoms with van der Waals surface area (Å²) >= 11 is 0. The standard InChI is InChI=1S/C12H15FN2O4/c13-9-4-11(10(14)3-8(9)12(17)18)15-1-2-19-6-7(15)5-16/h3-4,7,16H,1-2,5-6,14H2,(H,17,18). The van der Waals surface area contributed by atoms with E-state index in [1.165, 1.54) is 0 Å². The van der Waals surface area contributed by atoms with E-state index in [1.807, 2.05) is 0 Å². The van der Waals surface area contributed by atoms with Crippen molar-refractivity contribution < 1.29 is 24.1 Å². The molecule has 1 atom stereocenters. The average Bonchev–Trinajstić information content (AvgIpc) is 2.40. The lowest BCUT2D eigenvalue weighted by Crippen LogP contribution is -2.48. The van der Waals surface area contributed by atoms with E-state index in [0.29, 0.717) is 25.4 Å². The van der Waals surface area contributed by atoms with Gasteiger partial charge in [-0.25, -0.2) is 9.18 Å². The van der Waals surface area contributed by atoms with E-state index in [0.717, 1.165) is 12.1 Å². The summed E-state index contributed by atoms with van der Waals surface area (Å²) < 4.78 is 18.9. The summed E-state index contributed by atoms with van der Waals surface area (Å²) in [6.07, 6.45) is 0. The molecule has 0 bridgehead atoms. The van der Waals surface area contributed by atoms with Crippen LogP contribution in [0.3, 0.4) is 0 Å². The molecule has 0 aromatic heterocycles. The summed E-state index contributed by atoms with van der Waals surface area (Å²) in [6.45, 7) is 1.07. The Balaban J connectivity index is 2.39. The van der Waals surface area contributed by atoms with Gasteiger partial charge in [-0.15, -0.1) is 0 Å². The van der Waals surface area contributed by atoms with Crippen molar-refractivity contribution in [3.63, 3.8) is 0 Å². The Bertz CT molecular complexity index is 495. The van der Waals surface area contributed by atoms with Crippen molar-refractivity contribution in [2.75, 3.05) is 37.0 Å². The van der Waals surface area contributed by atoms with Gasteiger partial charge in [-0.05, 0) is 6.07 Å². The van der Waals surface area contributed by atoms with E-state index in [4.69, 9.17) is 15.6 Å². The molecule has 2 rings (SSSR count). The van der Waals surface area contributed by atoms with Gasteiger partial charge in [0.05, 0.1) is 42.8 Å². The van der Waals surface area contributed by atoms with Crippen LogP contribution in [0.25, 0.3) is 0 Å². The van der Waals surface area contributed by atoms with Gasteiger partial charge < -0.3 is 25.6 Å². The lowest BCUT2D eigenvalue weighted by Gasteiger charge is -2.37.